The first kappa shape index (κ1) is 22.4. The van der Waals surface area contributed by atoms with E-state index in [0.717, 1.165) is 18.8 Å². The smallest absolute Gasteiger partial charge is 0.227 e. The Morgan fingerprint density at radius 3 is 2.19 bits per heavy atom. The monoisotopic (exact) mass is 493 g/mol. The van der Waals surface area contributed by atoms with Crippen molar-refractivity contribution >= 4 is 50.5 Å². The van der Waals surface area contributed by atoms with Gasteiger partial charge in [0.1, 0.15) is 21.4 Å². The third kappa shape index (κ3) is 4.41. The number of nitrogens with zero attached hydrogens (tertiary/aromatic N) is 4. The summed E-state index contributed by atoms with van der Waals surface area (Å²) in [5, 5.41) is 0.959. The van der Waals surface area contributed by atoms with Gasteiger partial charge in [0.2, 0.25) is 15.8 Å². The van der Waals surface area contributed by atoms with Gasteiger partial charge < -0.3 is 20.3 Å². The Kier molecular flexibility index (Phi) is 6.32. The summed E-state index contributed by atoms with van der Waals surface area (Å²) in [5.74, 6) is 0.420. The molecule has 0 atom stereocenters. The minimum atomic E-state index is -4.03. The first-order valence-corrected chi connectivity index (χ1v) is 12.0. The lowest BCUT2D eigenvalue weighted by atomic mass is 10.2. The molecular formula is C21H21Cl2N5O3S. The van der Waals surface area contributed by atoms with Crippen LogP contribution in [0.15, 0.2) is 58.5 Å². The Morgan fingerprint density at radius 1 is 0.938 bits per heavy atom. The number of benzene rings is 2. The van der Waals surface area contributed by atoms with Crippen molar-refractivity contribution in [2.45, 2.75) is 9.79 Å². The zero-order valence-electron chi connectivity index (χ0n) is 17.2. The van der Waals surface area contributed by atoms with E-state index >= 15 is 0 Å². The first-order valence-electron chi connectivity index (χ1n) is 9.76. The number of halogens is 2. The molecule has 0 aliphatic carbocycles. The van der Waals surface area contributed by atoms with Crippen molar-refractivity contribution in [2.75, 3.05) is 48.8 Å². The highest BCUT2D eigenvalue weighted by Gasteiger charge is 2.28. The molecular weight excluding hydrogens is 473 g/mol. The molecule has 2 heterocycles. The number of hydrogen-bond donors (Lipinski definition) is 1. The molecule has 1 fully saturated rings. The van der Waals surface area contributed by atoms with Crippen LogP contribution < -0.4 is 20.3 Å². The predicted molar refractivity (Wildman–Crippen MR) is 126 cm³/mol. The molecule has 0 amide bonds. The second kappa shape index (κ2) is 9.01. The van der Waals surface area contributed by atoms with Crippen LogP contribution in [0.25, 0.3) is 0 Å². The van der Waals surface area contributed by atoms with Gasteiger partial charge in [-0.2, -0.15) is 4.98 Å². The van der Waals surface area contributed by atoms with Gasteiger partial charge in [-0.15, -0.1) is 0 Å². The summed E-state index contributed by atoms with van der Waals surface area (Å²) in [6.07, 6.45) is 1.24. The third-order valence-corrected chi connectivity index (χ3v) is 7.51. The average molecular weight is 494 g/mol. The van der Waals surface area contributed by atoms with Crippen molar-refractivity contribution < 1.29 is 13.2 Å². The van der Waals surface area contributed by atoms with Crippen LogP contribution in [0.4, 0.5) is 17.5 Å². The van der Waals surface area contributed by atoms with Crippen LogP contribution in [0.5, 0.6) is 5.75 Å². The molecule has 0 spiro atoms. The zero-order valence-corrected chi connectivity index (χ0v) is 19.5. The number of aromatic nitrogens is 2. The molecule has 1 aliphatic heterocycles. The highest BCUT2D eigenvalue weighted by molar-refractivity contribution is 7.91. The summed E-state index contributed by atoms with van der Waals surface area (Å²) in [5.41, 5.74) is 7.15. The van der Waals surface area contributed by atoms with E-state index in [0.29, 0.717) is 24.1 Å². The third-order valence-electron chi connectivity index (χ3n) is 5.23. The van der Waals surface area contributed by atoms with Gasteiger partial charge in [-0.05, 0) is 42.5 Å². The van der Waals surface area contributed by atoms with Crippen molar-refractivity contribution in [1.82, 2.24) is 9.97 Å². The number of hydrogen-bond acceptors (Lipinski definition) is 8. The normalized spacial score (nSPS) is 14.5. The van der Waals surface area contributed by atoms with Crippen molar-refractivity contribution in [3.05, 3.63) is 58.7 Å². The molecule has 0 unspecified atom stereocenters. The fourth-order valence-corrected chi connectivity index (χ4v) is 5.34. The summed E-state index contributed by atoms with van der Waals surface area (Å²) >= 11 is 12.0. The Hall–Kier alpha value is -2.75. The predicted octanol–water partition coefficient (Wildman–Crippen LogP) is 3.53. The largest absolute Gasteiger partial charge is 0.495 e. The Labute approximate surface area is 196 Å². The maximum atomic E-state index is 13.2. The summed E-state index contributed by atoms with van der Waals surface area (Å²) in [7, 11) is -2.64. The topological polar surface area (TPSA) is 102 Å². The van der Waals surface area contributed by atoms with E-state index in [1.807, 2.05) is 29.2 Å². The highest BCUT2D eigenvalue weighted by atomic mass is 35.5. The number of methoxy groups -OCH3 is 1. The van der Waals surface area contributed by atoms with E-state index in [9.17, 15) is 8.42 Å². The molecule has 168 valence electrons. The van der Waals surface area contributed by atoms with E-state index in [1.54, 1.807) is 6.07 Å². The van der Waals surface area contributed by atoms with Gasteiger partial charge in [-0.25, -0.2) is 13.4 Å². The van der Waals surface area contributed by atoms with Crippen molar-refractivity contribution in [2.24, 2.45) is 0 Å². The van der Waals surface area contributed by atoms with Crippen molar-refractivity contribution in [3.8, 4) is 5.75 Å². The Balaban J connectivity index is 1.54. The fraction of sp³-hybridized carbons (Fsp3) is 0.238. The molecule has 0 saturated carbocycles. The maximum Gasteiger partial charge on any atom is 0.227 e. The van der Waals surface area contributed by atoms with Crippen LogP contribution in [0.2, 0.25) is 10.0 Å². The van der Waals surface area contributed by atoms with E-state index in [4.69, 9.17) is 33.7 Å². The van der Waals surface area contributed by atoms with Gasteiger partial charge in [0, 0.05) is 41.9 Å². The zero-order chi connectivity index (χ0) is 22.9. The molecule has 2 aromatic carbocycles. The molecule has 1 aromatic heterocycles. The number of nitrogens with two attached hydrogens (primary N) is 1. The van der Waals surface area contributed by atoms with E-state index < -0.39 is 9.84 Å². The minimum absolute atomic E-state index is 0.0906. The van der Waals surface area contributed by atoms with E-state index in [2.05, 4.69) is 14.9 Å². The quantitative estimate of drug-likeness (QED) is 0.575. The number of ether oxygens (including phenoxy) is 1. The molecule has 11 heteroatoms. The van der Waals surface area contributed by atoms with Gasteiger partial charge in [-0.1, -0.05) is 23.2 Å². The summed E-state index contributed by atoms with van der Waals surface area (Å²) in [6.45, 7) is 2.84. The van der Waals surface area contributed by atoms with Gasteiger partial charge in [0.05, 0.1) is 13.3 Å². The molecule has 4 rings (SSSR count). The van der Waals surface area contributed by atoms with Crippen molar-refractivity contribution in [3.63, 3.8) is 0 Å². The lowest BCUT2D eigenvalue weighted by molar-refractivity contribution is 0.402. The molecule has 2 N–H and O–H groups in total. The van der Waals surface area contributed by atoms with Crippen molar-refractivity contribution in [1.29, 1.82) is 0 Å². The van der Waals surface area contributed by atoms with Gasteiger partial charge in [0.15, 0.2) is 0 Å². The molecule has 1 saturated heterocycles. The molecule has 1 aliphatic rings. The van der Waals surface area contributed by atoms with Crippen LogP contribution in [0.1, 0.15) is 0 Å². The van der Waals surface area contributed by atoms with E-state index in [-0.39, 0.29) is 26.4 Å². The second-order valence-corrected chi connectivity index (χ2v) is 9.93. The Bertz CT molecular complexity index is 1230. The standard InChI is InChI=1S/C21H21Cl2N5O3S/c1-31-17-7-4-15(23)12-18(17)32(29,30)19-13-25-21(26-20(19)24)28-10-8-27(9-11-28)16-5-2-14(22)3-6-16/h2-7,12-13H,8-11H2,1H3,(H2,24,25,26). The van der Waals surface area contributed by atoms with Gasteiger partial charge in [0.25, 0.3) is 0 Å². The number of nitrogen functional groups attached to an aromatic ring is 1. The van der Waals surface area contributed by atoms with Gasteiger partial charge in [-0.3, -0.25) is 0 Å². The van der Waals surface area contributed by atoms with Crippen LogP contribution in [0, 0.1) is 0 Å². The summed E-state index contributed by atoms with van der Waals surface area (Å²) in [6, 6.07) is 12.0. The highest BCUT2D eigenvalue weighted by Crippen LogP contribution is 2.33. The maximum absolute atomic E-state index is 13.2. The number of anilines is 3. The molecule has 0 bridgehead atoms. The summed E-state index contributed by atoms with van der Waals surface area (Å²) in [4.78, 5) is 12.5. The number of piperazine rings is 1. The fourth-order valence-electron chi connectivity index (χ4n) is 3.53. The minimum Gasteiger partial charge on any atom is -0.495 e. The average Bonchev–Trinajstić information content (AvgIpc) is 2.79. The summed E-state index contributed by atoms with van der Waals surface area (Å²) < 4.78 is 31.5. The molecule has 32 heavy (non-hydrogen) atoms. The Morgan fingerprint density at radius 2 is 1.56 bits per heavy atom. The van der Waals surface area contributed by atoms with Gasteiger partial charge >= 0.3 is 0 Å². The van der Waals surface area contributed by atoms with Crippen LogP contribution in [0.3, 0.4) is 0 Å². The first-order chi connectivity index (χ1) is 15.3. The van der Waals surface area contributed by atoms with Crippen LogP contribution >= 0.6 is 23.2 Å². The lowest BCUT2D eigenvalue weighted by Gasteiger charge is -2.36. The number of sulfone groups is 1. The number of rotatable bonds is 5. The lowest BCUT2D eigenvalue weighted by Crippen LogP contribution is -2.47. The van der Waals surface area contributed by atoms with E-state index in [1.165, 1.54) is 25.4 Å². The SMILES string of the molecule is COc1ccc(Cl)cc1S(=O)(=O)c1cnc(N2CCN(c3ccc(Cl)cc3)CC2)nc1N. The molecule has 8 nitrogen and oxygen atoms in total. The molecule has 0 radical (unpaired) electrons. The second-order valence-electron chi connectivity index (χ2n) is 7.17. The molecule has 3 aromatic rings. The van der Waals surface area contributed by atoms with Crippen LogP contribution in [-0.2, 0) is 9.84 Å². The van der Waals surface area contributed by atoms with Crippen LogP contribution in [-0.4, -0.2) is 51.7 Å².